The number of halogens is 2. The summed E-state index contributed by atoms with van der Waals surface area (Å²) in [7, 11) is 0. The van der Waals surface area contributed by atoms with Crippen LogP contribution in [0.15, 0.2) is 30.6 Å². The third-order valence-corrected chi connectivity index (χ3v) is 3.28. The first-order valence-electron chi connectivity index (χ1n) is 6.03. The van der Waals surface area contributed by atoms with Crippen LogP contribution < -0.4 is 11.1 Å². The average molecular weight is 313 g/mol. The van der Waals surface area contributed by atoms with E-state index in [-0.39, 0.29) is 12.5 Å². The molecule has 3 N–H and O–H groups in total. The van der Waals surface area contributed by atoms with E-state index in [1.54, 1.807) is 18.3 Å². The first-order chi connectivity index (χ1) is 9.54. The van der Waals surface area contributed by atoms with Crippen molar-refractivity contribution >= 4 is 34.8 Å². The van der Waals surface area contributed by atoms with E-state index in [2.05, 4.69) is 10.4 Å². The van der Waals surface area contributed by atoms with Gasteiger partial charge in [0.25, 0.3) is 0 Å². The number of hydrogen-bond donors (Lipinski definition) is 2. The van der Waals surface area contributed by atoms with E-state index in [1.807, 2.05) is 6.07 Å². The van der Waals surface area contributed by atoms with Crippen molar-refractivity contribution in [2.45, 2.75) is 13.0 Å². The van der Waals surface area contributed by atoms with Crippen molar-refractivity contribution in [1.29, 1.82) is 0 Å². The second-order valence-corrected chi connectivity index (χ2v) is 5.15. The van der Waals surface area contributed by atoms with Gasteiger partial charge in [-0.25, -0.2) is 0 Å². The van der Waals surface area contributed by atoms with Crippen LogP contribution in [0, 0.1) is 0 Å². The summed E-state index contributed by atoms with van der Waals surface area (Å²) in [5, 5.41) is 7.94. The van der Waals surface area contributed by atoms with Crippen molar-refractivity contribution in [3.63, 3.8) is 0 Å². The summed E-state index contributed by atoms with van der Waals surface area (Å²) >= 11 is 11.9. The molecule has 106 valence electrons. The Hall–Kier alpha value is -1.72. The zero-order valence-electron chi connectivity index (χ0n) is 10.6. The molecule has 0 radical (unpaired) electrons. The maximum Gasteiger partial charge on any atom is 0.241 e. The topological polar surface area (TPSA) is 72.9 Å². The molecule has 0 atom stereocenters. The lowest BCUT2D eigenvalue weighted by atomic mass is 10.1. The van der Waals surface area contributed by atoms with Crippen molar-refractivity contribution in [2.75, 3.05) is 12.3 Å². The predicted molar refractivity (Wildman–Crippen MR) is 79.8 cm³/mol. The molecule has 1 heterocycles. The lowest BCUT2D eigenvalue weighted by Crippen LogP contribution is -2.29. The van der Waals surface area contributed by atoms with Crippen molar-refractivity contribution in [1.82, 2.24) is 15.1 Å². The number of nitrogen functional groups attached to an aromatic ring is 1. The van der Waals surface area contributed by atoms with Gasteiger partial charge in [0.1, 0.15) is 6.54 Å². The number of amides is 1. The number of nitrogens with one attached hydrogen (secondary N) is 1. The van der Waals surface area contributed by atoms with Gasteiger partial charge in [0.2, 0.25) is 5.91 Å². The Bertz CT molecular complexity index is 612. The van der Waals surface area contributed by atoms with E-state index >= 15 is 0 Å². The Balaban J connectivity index is 1.79. The maximum atomic E-state index is 11.7. The number of rotatable bonds is 5. The van der Waals surface area contributed by atoms with Crippen LogP contribution in [0.25, 0.3) is 0 Å². The SMILES string of the molecule is Nc1cnn(CC(=O)NCCc2ccc(Cl)cc2Cl)c1. The molecule has 0 bridgehead atoms. The average Bonchev–Trinajstić information content (AvgIpc) is 2.77. The fourth-order valence-electron chi connectivity index (χ4n) is 1.73. The molecule has 0 fully saturated rings. The summed E-state index contributed by atoms with van der Waals surface area (Å²) in [6, 6.07) is 5.31. The van der Waals surface area contributed by atoms with Gasteiger partial charge in [-0.2, -0.15) is 5.10 Å². The minimum absolute atomic E-state index is 0.127. The number of nitrogens with zero attached hydrogens (tertiary/aromatic N) is 2. The number of carbonyl (C=O) groups excluding carboxylic acids is 1. The van der Waals surface area contributed by atoms with Gasteiger partial charge in [0, 0.05) is 22.8 Å². The first-order valence-corrected chi connectivity index (χ1v) is 6.79. The van der Waals surface area contributed by atoms with Crippen LogP contribution in [0.3, 0.4) is 0 Å². The van der Waals surface area contributed by atoms with Gasteiger partial charge < -0.3 is 11.1 Å². The molecule has 0 aliphatic heterocycles. The molecule has 5 nitrogen and oxygen atoms in total. The monoisotopic (exact) mass is 312 g/mol. The Morgan fingerprint density at radius 3 is 2.85 bits per heavy atom. The summed E-state index contributed by atoms with van der Waals surface area (Å²) in [5.74, 6) is -0.127. The molecule has 7 heteroatoms. The van der Waals surface area contributed by atoms with Gasteiger partial charge in [0.15, 0.2) is 0 Å². The number of hydrogen-bond acceptors (Lipinski definition) is 3. The standard InChI is InChI=1S/C13H14Cl2N4O/c14-10-2-1-9(12(15)5-10)3-4-17-13(20)8-19-7-11(16)6-18-19/h1-2,5-7H,3-4,8,16H2,(H,17,20). The fourth-order valence-corrected chi connectivity index (χ4v) is 2.23. The van der Waals surface area contributed by atoms with E-state index in [0.717, 1.165) is 5.56 Å². The highest BCUT2D eigenvalue weighted by molar-refractivity contribution is 6.35. The maximum absolute atomic E-state index is 11.7. The smallest absolute Gasteiger partial charge is 0.241 e. The molecule has 0 saturated carbocycles. The van der Waals surface area contributed by atoms with Gasteiger partial charge in [-0.1, -0.05) is 29.3 Å². The summed E-state index contributed by atoms with van der Waals surface area (Å²) in [6.45, 7) is 0.641. The number of anilines is 1. The minimum Gasteiger partial charge on any atom is -0.396 e. The molecule has 0 saturated heterocycles. The second kappa shape index (κ2) is 6.63. The van der Waals surface area contributed by atoms with E-state index in [9.17, 15) is 4.79 Å². The molecule has 0 aliphatic rings. The lowest BCUT2D eigenvalue weighted by Gasteiger charge is -2.07. The van der Waals surface area contributed by atoms with Gasteiger partial charge in [-0.3, -0.25) is 9.48 Å². The van der Waals surface area contributed by atoms with Gasteiger partial charge in [-0.15, -0.1) is 0 Å². The van der Waals surface area contributed by atoms with Crippen LogP contribution in [0.2, 0.25) is 10.0 Å². The highest BCUT2D eigenvalue weighted by atomic mass is 35.5. The van der Waals surface area contributed by atoms with Crippen molar-refractivity contribution in [2.24, 2.45) is 0 Å². The molecule has 1 aromatic heterocycles. The van der Waals surface area contributed by atoms with Gasteiger partial charge >= 0.3 is 0 Å². The zero-order chi connectivity index (χ0) is 14.5. The van der Waals surface area contributed by atoms with Gasteiger partial charge in [-0.05, 0) is 24.1 Å². The normalized spacial score (nSPS) is 10.5. The van der Waals surface area contributed by atoms with Crippen LogP contribution in [-0.4, -0.2) is 22.2 Å². The Morgan fingerprint density at radius 2 is 2.20 bits per heavy atom. The number of benzene rings is 1. The molecular formula is C13H14Cl2N4O. The molecule has 2 aromatic rings. The molecule has 0 unspecified atom stereocenters. The van der Waals surface area contributed by atoms with Crippen LogP contribution in [0.1, 0.15) is 5.56 Å². The van der Waals surface area contributed by atoms with Crippen molar-refractivity contribution < 1.29 is 4.79 Å². The molecule has 0 spiro atoms. The highest BCUT2D eigenvalue weighted by Gasteiger charge is 2.05. The number of aromatic nitrogens is 2. The summed E-state index contributed by atoms with van der Waals surface area (Å²) in [6.07, 6.45) is 3.75. The molecule has 0 aliphatic carbocycles. The first kappa shape index (κ1) is 14.7. The van der Waals surface area contributed by atoms with Crippen molar-refractivity contribution in [3.05, 3.63) is 46.2 Å². The Kier molecular flexibility index (Phi) is 4.87. The van der Waals surface area contributed by atoms with Gasteiger partial charge in [0.05, 0.1) is 11.9 Å². The van der Waals surface area contributed by atoms with Crippen LogP contribution >= 0.6 is 23.2 Å². The zero-order valence-corrected chi connectivity index (χ0v) is 12.2. The minimum atomic E-state index is -0.127. The van der Waals surface area contributed by atoms with Crippen LogP contribution in [0.4, 0.5) is 5.69 Å². The fraction of sp³-hybridized carbons (Fsp3) is 0.231. The van der Waals surface area contributed by atoms with Crippen molar-refractivity contribution in [3.8, 4) is 0 Å². The molecule has 1 amide bonds. The lowest BCUT2D eigenvalue weighted by molar-refractivity contribution is -0.121. The molecule has 1 aromatic carbocycles. The Labute approximate surface area is 126 Å². The van der Waals surface area contributed by atoms with E-state index in [1.165, 1.54) is 10.9 Å². The summed E-state index contributed by atoms with van der Waals surface area (Å²) in [5.41, 5.74) is 7.00. The highest BCUT2D eigenvalue weighted by Crippen LogP contribution is 2.20. The summed E-state index contributed by atoms with van der Waals surface area (Å²) in [4.78, 5) is 11.7. The number of carbonyl (C=O) groups is 1. The Morgan fingerprint density at radius 1 is 1.40 bits per heavy atom. The summed E-state index contributed by atoms with van der Waals surface area (Å²) < 4.78 is 1.49. The second-order valence-electron chi connectivity index (χ2n) is 4.31. The molecular weight excluding hydrogens is 299 g/mol. The predicted octanol–water partition coefficient (Wildman–Crippen LogP) is 2.13. The molecule has 20 heavy (non-hydrogen) atoms. The van der Waals surface area contributed by atoms with E-state index in [4.69, 9.17) is 28.9 Å². The quantitative estimate of drug-likeness (QED) is 0.888. The third kappa shape index (κ3) is 4.15. The number of nitrogens with two attached hydrogens (primary N) is 1. The largest absolute Gasteiger partial charge is 0.396 e. The van der Waals surface area contributed by atoms with E-state index < -0.39 is 0 Å². The van der Waals surface area contributed by atoms with Crippen LogP contribution in [-0.2, 0) is 17.8 Å². The third-order valence-electron chi connectivity index (χ3n) is 2.69. The van der Waals surface area contributed by atoms with Crippen LogP contribution in [0.5, 0.6) is 0 Å². The molecule has 2 rings (SSSR count). The van der Waals surface area contributed by atoms with E-state index in [0.29, 0.717) is 28.7 Å².